The van der Waals surface area contributed by atoms with E-state index in [-0.39, 0.29) is 12.5 Å². The predicted octanol–water partition coefficient (Wildman–Crippen LogP) is 2.08. The summed E-state index contributed by atoms with van der Waals surface area (Å²) in [6.45, 7) is 0.776. The van der Waals surface area contributed by atoms with Gasteiger partial charge in [-0.1, -0.05) is 48.5 Å². The number of hydrogen-bond donors (Lipinski definition) is 0. The van der Waals surface area contributed by atoms with E-state index in [9.17, 15) is 13.2 Å². The number of benzene rings is 2. The molecule has 0 unspecified atom stereocenters. The van der Waals surface area contributed by atoms with Crippen LogP contribution in [0.5, 0.6) is 0 Å². The lowest BCUT2D eigenvalue weighted by molar-refractivity contribution is -0.118. The topological polar surface area (TPSA) is 57.7 Å². The number of carbonyl (C=O) groups is 1. The van der Waals surface area contributed by atoms with Crippen LogP contribution in [0.25, 0.3) is 0 Å². The number of nitrogens with zero attached hydrogens (tertiary/aromatic N) is 2. The second-order valence-corrected chi connectivity index (χ2v) is 8.24. The van der Waals surface area contributed by atoms with Crippen molar-refractivity contribution in [1.82, 2.24) is 4.31 Å². The van der Waals surface area contributed by atoms with Crippen molar-refractivity contribution < 1.29 is 13.2 Å². The first-order valence-electron chi connectivity index (χ1n) is 8.32. The lowest BCUT2D eigenvalue weighted by Gasteiger charge is -2.23. The van der Waals surface area contributed by atoms with E-state index >= 15 is 0 Å². The number of fused-ring (bicyclic) bond motifs is 1. The van der Waals surface area contributed by atoms with Crippen LogP contribution < -0.4 is 4.90 Å². The molecule has 0 aromatic heterocycles. The standard InChI is InChI=1S/C19H22N2O3S/c1-25(23,24)20(13-11-16-7-3-2-4-8-16)15-19(22)21-14-12-17-9-5-6-10-18(17)21/h2-10H,11-15H2,1H3. The van der Waals surface area contributed by atoms with Crippen molar-refractivity contribution in [3.8, 4) is 0 Å². The molecule has 25 heavy (non-hydrogen) atoms. The van der Waals surface area contributed by atoms with Crippen molar-refractivity contribution in [2.45, 2.75) is 12.8 Å². The summed E-state index contributed by atoms with van der Waals surface area (Å²) in [5.74, 6) is -0.177. The zero-order valence-electron chi connectivity index (χ0n) is 14.3. The Hall–Kier alpha value is -2.18. The average molecular weight is 358 g/mol. The van der Waals surface area contributed by atoms with Crippen LogP contribution in [0.15, 0.2) is 54.6 Å². The molecule has 1 aliphatic rings. The SMILES string of the molecule is CS(=O)(=O)N(CCc1ccccc1)CC(=O)N1CCc2ccccc21. The molecule has 132 valence electrons. The molecule has 3 rings (SSSR count). The normalized spacial score (nSPS) is 13.9. The quantitative estimate of drug-likeness (QED) is 0.794. The number of amides is 1. The molecule has 0 fully saturated rings. The van der Waals surface area contributed by atoms with Crippen LogP contribution in [-0.4, -0.2) is 44.5 Å². The van der Waals surface area contributed by atoms with Gasteiger partial charge in [0, 0.05) is 18.8 Å². The molecule has 1 aliphatic heterocycles. The summed E-state index contributed by atoms with van der Waals surface area (Å²) < 4.78 is 25.5. The molecule has 0 N–H and O–H groups in total. The second kappa shape index (κ2) is 7.37. The Morgan fingerprint density at radius 1 is 1.08 bits per heavy atom. The van der Waals surface area contributed by atoms with Gasteiger partial charge in [-0.05, 0) is 30.0 Å². The van der Waals surface area contributed by atoms with Gasteiger partial charge in [0.2, 0.25) is 15.9 Å². The maximum atomic E-state index is 12.7. The molecule has 0 spiro atoms. The van der Waals surface area contributed by atoms with E-state index in [1.54, 1.807) is 4.90 Å². The van der Waals surface area contributed by atoms with Crippen molar-refractivity contribution in [2.75, 3.05) is 30.8 Å². The number of para-hydroxylation sites is 1. The first-order chi connectivity index (χ1) is 11.9. The van der Waals surface area contributed by atoms with Crippen LogP contribution in [-0.2, 0) is 27.7 Å². The minimum absolute atomic E-state index is 0.125. The summed E-state index contributed by atoms with van der Waals surface area (Å²) in [4.78, 5) is 14.4. The predicted molar refractivity (Wildman–Crippen MR) is 99.1 cm³/mol. The van der Waals surface area contributed by atoms with Gasteiger partial charge in [0.25, 0.3) is 0 Å². The highest BCUT2D eigenvalue weighted by molar-refractivity contribution is 7.88. The van der Waals surface area contributed by atoms with Gasteiger partial charge in [-0.15, -0.1) is 0 Å². The lowest BCUT2D eigenvalue weighted by Crippen LogP contribution is -2.42. The van der Waals surface area contributed by atoms with E-state index in [4.69, 9.17) is 0 Å². The third-order valence-electron chi connectivity index (χ3n) is 4.46. The monoisotopic (exact) mass is 358 g/mol. The maximum absolute atomic E-state index is 12.7. The molecule has 1 amide bonds. The van der Waals surface area contributed by atoms with Gasteiger partial charge < -0.3 is 4.90 Å². The van der Waals surface area contributed by atoms with Crippen LogP contribution in [0, 0.1) is 0 Å². The van der Waals surface area contributed by atoms with Gasteiger partial charge >= 0.3 is 0 Å². The minimum atomic E-state index is -3.45. The number of sulfonamides is 1. The first-order valence-corrected chi connectivity index (χ1v) is 10.2. The fourth-order valence-electron chi connectivity index (χ4n) is 3.09. The molecule has 0 saturated carbocycles. The fraction of sp³-hybridized carbons (Fsp3) is 0.316. The van der Waals surface area contributed by atoms with Crippen LogP contribution in [0.3, 0.4) is 0 Å². The highest BCUT2D eigenvalue weighted by atomic mass is 32.2. The Kier molecular flexibility index (Phi) is 5.20. The van der Waals surface area contributed by atoms with Gasteiger partial charge in [0.1, 0.15) is 0 Å². The van der Waals surface area contributed by atoms with Gasteiger partial charge in [0.05, 0.1) is 12.8 Å². The number of carbonyl (C=O) groups excluding carboxylic acids is 1. The molecule has 1 heterocycles. The van der Waals surface area contributed by atoms with E-state index < -0.39 is 10.0 Å². The Labute approximate surface area is 148 Å². The van der Waals surface area contributed by atoms with Crippen molar-refractivity contribution in [1.29, 1.82) is 0 Å². The molecular formula is C19H22N2O3S. The average Bonchev–Trinajstić information content (AvgIpc) is 3.02. The summed E-state index contributed by atoms with van der Waals surface area (Å²) in [5.41, 5.74) is 3.07. The van der Waals surface area contributed by atoms with Crippen molar-refractivity contribution in [3.63, 3.8) is 0 Å². The van der Waals surface area contributed by atoms with Crippen LogP contribution >= 0.6 is 0 Å². The molecule has 0 saturated heterocycles. The van der Waals surface area contributed by atoms with E-state index in [1.807, 2.05) is 54.6 Å². The minimum Gasteiger partial charge on any atom is -0.311 e. The number of hydrogen-bond acceptors (Lipinski definition) is 3. The molecule has 2 aromatic rings. The van der Waals surface area contributed by atoms with Crippen LogP contribution in [0.1, 0.15) is 11.1 Å². The Morgan fingerprint density at radius 3 is 2.48 bits per heavy atom. The van der Waals surface area contributed by atoms with Gasteiger partial charge in [-0.3, -0.25) is 4.79 Å². The molecule has 0 aliphatic carbocycles. The Morgan fingerprint density at radius 2 is 1.76 bits per heavy atom. The van der Waals surface area contributed by atoms with E-state index in [0.717, 1.165) is 29.5 Å². The zero-order chi connectivity index (χ0) is 17.9. The maximum Gasteiger partial charge on any atom is 0.242 e. The van der Waals surface area contributed by atoms with E-state index in [0.29, 0.717) is 19.5 Å². The lowest BCUT2D eigenvalue weighted by atomic mass is 10.1. The molecule has 0 bridgehead atoms. The highest BCUT2D eigenvalue weighted by Gasteiger charge is 2.28. The number of anilines is 1. The highest BCUT2D eigenvalue weighted by Crippen LogP contribution is 2.27. The third-order valence-corrected chi connectivity index (χ3v) is 5.71. The van der Waals surface area contributed by atoms with Crippen molar-refractivity contribution in [2.24, 2.45) is 0 Å². The molecule has 6 heteroatoms. The van der Waals surface area contributed by atoms with E-state index in [1.165, 1.54) is 4.31 Å². The molecule has 5 nitrogen and oxygen atoms in total. The Balaban J connectivity index is 1.70. The summed E-state index contributed by atoms with van der Waals surface area (Å²) in [5, 5.41) is 0. The molecule has 2 aromatic carbocycles. The van der Waals surface area contributed by atoms with Gasteiger partial charge in [-0.25, -0.2) is 8.42 Å². The van der Waals surface area contributed by atoms with E-state index in [2.05, 4.69) is 0 Å². The smallest absolute Gasteiger partial charge is 0.242 e. The third kappa shape index (κ3) is 4.27. The largest absolute Gasteiger partial charge is 0.311 e. The Bertz CT molecular complexity index is 850. The molecule has 0 radical (unpaired) electrons. The molecular weight excluding hydrogens is 336 g/mol. The fourth-order valence-corrected chi connectivity index (χ4v) is 3.86. The van der Waals surface area contributed by atoms with Gasteiger partial charge in [-0.2, -0.15) is 4.31 Å². The van der Waals surface area contributed by atoms with Crippen LogP contribution in [0.4, 0.5) is 5.69 Å². The molecule has 0 atom stereocenters. The number of rotatable bonds is 6. The van der Waals surface area contributed by atoms with Crippen molar-refractivity contribution >= 4 is 21.6 Å². The van der Waals surface area contributed by atoms with Crippen molar-refractivity contribution in [3.05, 3.63) is 65.7 Å². The zero-order valence-corrected chi connectivity index (χ0v) is 15.1. The summed E-state index contributed by atoms with van der Waals surface area (Å²) in [6.07, 6.45) is 2.55. The first kappa shape index (κ1) is 17.6. The van der Waals surface area contributed by atoms with Crippen LogP contribution in [0.2, 0.25) is 0 Å². The van der Waals surface area contributed by atoms with Gasteiger partial charge in [0.15, 0.2) is 0 Å². The second-order valence-electron chi connectivity index (χ2n) is 6.26. The summed E-state index contributed by atoms with van der Waals surface area (Å²) in [6, 6.07) is 17.5. The summed E-state index contributed by atoms with van der Waals surface area (Å²) >= 11 is 0. The summed E-state index contributed by atoms with van der Waals surface area (Å²) in [7, 11) is -3.45.